The van der Waals surface area contributed by atoms with Crippen LogP contribution in [0.2, 0.25) is 0 Å². The van der Waals surface area contributed by atoms with Crippen molar-refractivity contribution in [3.63, 3.8) is 0 Å². The van der Waals surface area contributed by atoms with Crippen molar-refractivity contribution in [1.29, 1.82) is 0 Å². The SMILES string of the molecule is NCc1cn(CCN2CCCC2)nn1. The Morgan fingerprint density at radius 3 is 2.71 bits per heavy atom. The van der Waals surface area contributed by atoms with Gasteiger partial charge in [-0.1, -0.05) is 5.21 Å². The fourth-order valence-electron chi connectivity index (χ4n) is 1.79. The first-order valence-electron chi connectivity index (χ1n) is 5.20. The smallest absolute Gasteiger partial charge is 0.0962 e. The van der Waals surface area contributed by atoms with E-state index in [0.29, 0.717) is 6.54 Å². The molecule has 1 fully saturated rings. The molecular formula is C9H17N5. The molecule has 0 spiro atoms. The summed E-state index contributed by atoms with van der Waals surface area (Å²) in [7, 11) is 0. The summed E-state index contributed by atoms with van der Waals surface area (Å²) in [5, 5.41) is 7.96. The molecule has 2 heterocycles. The molecule has 2 rings (SSSR count). The van der Waals surface area contributed by atoms with E-state index in [0.717, 1.165) is 18.8 Å². The number of rotatable bonds is 4. The van der Waals surface area contributed by atoms with Crippen LogP contribution in [0, 0.1) is 0 Å². The molecule has 2 N–H and O–H groups in total. The first kappa shape index (κ1) is 9.61. The summed E-state index contributed by atoms with van der Waals surface area (Å²) >= 11 is 0. The van der Waals surface area contributed by atoms with Crippen LogP contribution in [0.3, 0.4) is 0 Å². The van der Waals surface area contributed by atoms with Crippen molar-refractivity contribution in [2.24, 2.45) is 5.73 Å². The Kier molecular flexibility index (Phi) is 3.10. The van der Waals surface area contributed by atoms with Crippen LogP contribution in [0.15, 0.2) is 6.20 Å². The van der Waals surface area contributed by atoms with Gasteiger partial charge >= 0.3 is 0 Å². The van der Waals surface area contributed by atoms with Gasteiger partial charge < -0.3 is 10.6 Å². The van der Waals surface area contributed by atoms with Crippen molar-refractivity contribution in [3.05, 3.63) is 11.9 Å². The van der Waals surface area contributed by atoms with Crippen LogP contribution in [0.25, 0.3) is 0 Å². The van der Waals surface area contributed by atoms with Gasteiger partial charge in [0.25, 0.3) is 0 Å². The van der Waals surface area contributed by atoms with Gasteiger partial charge in [-0.3, -0.25) is 4.68 Å². The number of hydrogen-bond acceptors (Lipinski definition) is 4. The Bertz CT molecular complexity index is 276. The molecule has 0 atom stereocenters. The molecule has 0 saturated carbocycles. The Labute approximate surface area is 83.9 Å². The Morgan fingerprint density at radius 1 is 1.29 bits per heavy atom. The molecular weight excluding hydrogens is 178 g/mol. The maximum atomic E-state index is 5.46. The van der Waals surface area contributed by atoms with Crippen molar-refractivity contribution < 1.29 is 0 Å². The van der Waals surface area contributed by atoms with Crippen LogP contribution < -0.4 is 5.73 Å². The van der Waals surface area contributed by atoms with Gasteiger partial charge in [-0.25, -0.2) is 0 Å². The molecule has 0 aliphatic carbocycles. The van der Waals surface area contributed by atoms with Crippen molar-refractivity contribution in [1.82, 2.24) is 19.9 Å². The van der Waals surface area contributed by atoms with Crippen LogP contribution in [0.1, 0.15) is 18.5 Å². The van der Waals surface area contributed by atoms with E-state index in [9.17, 15) is 0 Å². The predicted molar refractivity (Wildman–Crippen MR) is 53.6 cm³/mol. The van der Waals surface area contributed by atoms with Gasteiger partial charge in [-0.2, -0.15) is 0 Å². The number of likely N-dealkylation sites (tertiary alicyclic amines) is 1. The van der Waals surface area contributed by atoms with Crippen LogP contribution in [0.4, 0.5) is 0 Å². The van der Waals surface area contributed by atoms with E-state index < -0.39 is 0 Å². The fourth-order valence-corrected chi connectivity index (χ4v) is 1.79. The average molecular weight is 195 g/mol. The van der Waals surface area contributed by atoms with Crippen LogP contribution in [-0.4, -0.2) is 39.5 Å². The minimum atomic E-state index is 0.476. The van der Waals surface area contributed by atoms with Gasteiger partial charge in [0.1, 0.15) is 0 Å². The van der Waals surface area contributed by atoms with Gasteiger partial charge in [-0.15, -0.1) is 5.10 Å². The molecule has 1 saturated heterocycles. The van der Waals surface area contributed by atoms with E-state index in [1.165, 1.54) is 25.9 Å². The molecule has 1 aromatic heterocycles. The molecule has 0 amide bonds. The average Bonchev–Trinajstić information content (AvgIpc) is 2.86. The third kappa shape index (κ3) is 2.30. The lowest BCUT2D eigenvalue weighted by Crippen LogP contribution is -2.24. The zero-order valence-electron chi connectivity index (χ0n) is 8.39. The van der Waals surface area contributed by atoms with E-state index >= 15 is 0 Å². The van der Waals surface area contributed by atoms with Gasteiger partial charge in [0.2, 0.25) is 0 Å². The lowest BCUT2D eigenvalue weighted by molar-refractivity contribution is 0.314. The molecule has 0 radical (unpaired) electrons. The van der Waals surface area contributed by atoms with Crippen molar-refractivity contribution >= 4 is 0 Å². The zero-order chi connectivity index (χ0) is 9.80. The summed E-state index contributed by atoms with van der Waals surface area (Å²) in [5.41, 5.74) is 6.32. The number of nitrogens with two attached hydrogens (primary N) is 1. The Balaban J connectivity index is 1.79. The number of hydrogen-bond donors (Lipinski definition) is 1. The third-order valence-electron chi connectivity index (χ3n) is 2.64. The molecule has 5 heteroatoms. The highest BCUT2D eigenvalue weighted by Gasteiger charge is 2.10. The van der Waals surface area contributed by atoms with Crippen LogP contribution >= 0.6 is 0 Å². The first-order chi connectivity index (χ1) is 6.88. The first-order valence-corrected chi connectivity index (χ1v) is 5.20. The minimum Gasteiger partial charge on any atom is -0.325 e. The second kappa shape index (κ2) is 4.52. The van der Waals surface area contributed by atoms with Crippen LogP contribution in [-0.2, 0) is 13.1 Å². The summed E-state index contributed by atoms with van der Waals surface area (Å²) in [6.07, 6.45) is 4.60. The predicted octanol–water partition coefficient (Wildman–Crippen LogP) is -0.167. The minimum absolute atomic E-state index is 0.476. The molecule has 14 heavy (non-hydrogen) atoms. The Hall–Kier alpha value is -0.940. The monoisotopic (exact) mass is 195 g/mol. The van der Waals surface area contributed by atoms with Crippen molar-refractivity contribution in [2.45, 2.75) is 25.9 Å². The maximum Gasteiger partial charge on any atom is 0.0962 e. The second-order valence-electron chi connectivity index (χ2n) is 3.73. The topological polar surface area (TPSA) is 60.0 Å². The second-order valence-corrected chi connectivity index (χ2v) is 3.73. The lowest BCUT2D eigenvalue weighted by Gasteiger charge is -2.13. The van der Waals surface area contributed by atoms with Gasteiger partial charge in [0.05, 0.1) is 12.2 Å². The highest BCUT2D eigenvalue weighted by atomic mass is 15.4. The van der Waals surface area contributed by atoms with Gasteiger partial charge in [-0.05, 0) is 25.9 Å². The van der Waals surface area contributed by atoms with Crippen molar-refractivity contribution in [3.8, 4) is 0 Å². The quantitative estimate of drug-likeness (QED) is 0.725. The number of aromatic nitrogens is 3. The summed E-state index contributed by atoms with van der Waals surface area (Å²) in [5.74, 6) is 0. The fraction of sp³-hybridized carbons (Fsp3) is 0.778. The van der Waals surface area contributed by atoms with E-state index in [1.807, 2.05) is 10.9 Å². The normalized spacial score (nSPS) is 17.8. The summed E-state index contributed by atoms with van der Waals surface area (Å²) in [4.78, 5) is 2.46. The Morgan fingerprint density at radius 2 is 2.07 bits per heavy atom. The van der Waals surface area contributed by atoms with Crippen LogP contribution in [0.5, 0.6) is 0 Å². The number of nitrogens with zero attached hydrogens (tertiary/aromatic N) is 4. The van der Waals surface area contributed by atoms with Gasteiger partial charge in [0.15, 0.2) is 0 Å². The summed E-state index contributed by atoms with van der Waals surface area (Å²) in [6, 6.07) is 0. The zero-order valence-corrected chi connectivity index (χ0v) is 8.39. The molecule has 0 unspecified atom stereocenters. The summed E-state index contributed by atoms with van der Waals surface area (Å²) in [6.45, 7) is 4.95. The maximum absolute atomic E-state index is 5.46. The molecule has 0 aromatic carbocycles. The third-order valence-corrected chi connectivity index (χ3v) is 2.64. The van der Waals surface area contributed by atoms with E-state index in [4.69, 9.17) is 5.73 Å². The van der Waals surface area contributed by atoms with Crippen molar-refractivity contribution in [2.75, 3.05) is 19.6 Å². The van der Waals surface area contributed by atoms with E-state index in [1.54, 1.807) is 0 Å². The molecule has 0 bridgehead atoms. The molecule has 78 valence electrons. The highest BCUT2D eigenvalue weighted by molar-refractivity contribution is 4.90. The van der Waals surface area contributed by atoms with E-state index in [2.05, 4.69) is 15.2 Å². The summed E-state index contributed by atoms with van der Waals surface area (Å²) < 4.78 is 1.88. The standard InChI is InChI=1S/C9H17N5/c10-7-9-8-14(12-11-9)6-5-13-3-1-2-4-13/h8H,1-7,10H2. The molecule has 1 aliphatic heterocycles. The largest absolute Gasteiger partial charge is 0.325 e. The molecule has 1 aromatic rings. The molecule has 1 aliphatic rings. The lowest BCUT2D eigenvalue weighted by atomic mass is 10.4. The highest BCUT2D eigenvalue weighted by Crippen LogP contribution is 2.06. The molecule has 5 nitrogen and oxygen atoms in total. The van der Waals surface area contributed by atoms with Gasteiger partial charge in [0, 0.05) is 19.3 Å². The van der Waals surface area contributed by atoms with E-state index in [-0.39, 0.29) is 0 Å².